The fourth-order valence-corrected chi connectivity index (χ4v) is 2.59. The molecule has 2 rings (SSSR count). The van der Waals surface area contributed by atoms with E-state index in [1.807, 2.05) is 19.1 Å². The maximum Gasteiger partial charge on any atom is 0.305 e. The number of carboxylic acid groups (broad SMARTS) is 1. The van der Waals surface area contributed by atoms with E-state index in [0.717, 1.165) is 5.56 Å². The molecular formula is C19H20FNO4. The van der Waals surface area contributed by atoms with Gasteiger partial charge in [0.25, 0.3) is 0 Å². The zero-order valence-corrected chi connectivity index (χ0v) is 14.1. The van der Waals surface area contributed by atoms with Gasteiger partial charge in [-0.05, 0) is 30.7 Å². The van der Waals surface area contributed by atoms with Gasteiger partial charge in [0.2, 0.25) is 5.91 Å². The van der Waals surface area contributed by atoms with Crippen LogP contribution in [-0.2, 0) is 16.0 Å². The van der Waals surface area contributed by atoms with Crippen LogP contribution in [0.4, 0.5) is 4.39 Å². The van der Waals surface area contributed by atoms with E-state index in [2.05, 4.69) is 5.32 Å². The number of hydrogen-bond acceptors (Lipinski definition) is 3. The smallest absolute Gasteiger partial charge is 0.305 e. The van der Waals surface area contributed by atoms with Gasteiger partial charge in [-0.2, -0.15) is 0 Å². The Morgan fingerprint density at radius 1 is 1.20 bits per heavy atom. The molecule has 0 saturated carbocycles. The molecule has 25 heavy (non-hydrogen) atoms. The van der Waals surface area contributed by atoms with Crippen LogP contribution >= 0.6 is 0 Å². The number of carboxylic acids is 1. The third kappa shape index (κ3) is 5.31. The Kier molecular flexibility index (Phi) is 6.11. The Morgan fingerprint density at radius 3 is 2.48 bits per heavy atom. The summed E-state index contributed by atoms with van der Waals surface area (Å²) in [4.78, 5) is 23.5. The van der Waals surface area contributed by atoms with E-state index in [4.69, 9.17) is 9.84 Å². The highest BCUT2D eigenvalue weighted by Gasteiger charge is 2.19. The van der Waals surface area contributed by atoms with Gasteiger partial charge >= 0.3 is 5.97 Å². The van der Waals surface area contributed by atoms with Crippen LogP contribution in [0.25, 0.3) is 0 Å². The highest BCUT2D eigenvalue weighted by Crippen LogP contribution is 2.22. The van der Waals surface area contributed by atoms with E-state index >= 15 is 0 Å². The number of aryl methyl sites for hydroxylation is 1. The molecule has 0 saturated heterocycles. The average Bonchev–Trinajstić information content (AvgIpc) is 2.54. The standard InChI is InChI=1S/C19H20FNO4/c1-12-3-8-17(25-2)14(9-12)10-18(22)21-16(11-19(23)24)13-4-6-15(20)7-5-13/h3-9,16H,10-11H2,1-2H3,(H,21,22)(H,23,24)/t16-/m1/s1. The first-order chi connectivity index (χ1) is 11.9. The summed E-state index contributed by atoms with van der Waals surface area (Å²) in [7, 11) is 1.53. The number of amides is 1. The monoisotopic (exact) mass is 345 g/mol. The molecule has 0 bridgehead atoms. The molecule has 1 amide bonds. The lowest BCUT2D eigenvalue weighted by molar-refractivity contribution is -0.137. The normalized spacial score (nSPS) is 11.6. The number of halogens is 1. The maximum atomic E-state index is 13.1. The molecule has 0 aromatic heterocycles. The summed E-state index contributed by atoms with van der Waals surface area (Å²) in [6.45, 7) is 1.91. The average molecular weight is 345 g/mol. The van der Waals surface area contributed by atoms with Gasteiger partial charge in [0.1, 0.15) is 11.6 Å². The minimum absolute atomic E-state index is 0.0577. The molecule has 0 spiro atoms. The zero-order valence-electron chi connectivity index (χ0n) is 14.1. The number of carbonyl (C=O) groups excluding carboxylic acids is 1. The third-order valence-corrected chi connectivity index (χ3v) is 3.77. The van der Waals surface area contributed by atoms with E-state index in [1.54, 1.807) is 6.07 Å². The first-order valence-corrected chi connectivity index (χ1v) is 7.79. The predicted molar refractivity (Wildman–Crippen MR) is 91.0 cm³/mol. The molecule has 0 unspecified atom stereocenters. The van der Waals surface area contributed by atoms with E-state index in [9.17, 15) is 14.0 Å². The number of benzene rings is 2. The molecule has 0 aliphatic rings. The molecule has 0 heterocycles. The van der Waals surface area contributed by atoms with Crippen molar-refractivity contribution in [3.8, 4) is 5.75 Å². The first-order valence-electron chi connectivity index (χ1n) is 7.79. The Balaban J connectivity index is 2.15. The fraction of sp³-hybridized carbons (Fsp3) is 0.263. The van der Waals surface area contributed by atoms with Crippen molar-refractivity contribution in [1.29, 1.82) is 0 Å². The summed E-state index contributed by atoms with van der Waals surface area (Å²) in [5.74, 6) is -1.21. The molecule has 2 aromatic rings. The quantitative estimate of drug-likeness (QED) is 0.809. The van der Waals surface area contributed by atoms with Crippen molar-refractivity contribution in [3.63, 3.8) is 0 Å². The maximum absolute atomic E-state index is 13.1. The summed E-state index contributed by atoms with van der Waals surface area (Å²) >= 11 is 0. The lowest BCUT2D eigenvalue weighted by atomic mass is 10.0. The minimum Gasteiger partial charge on any atom is -0.496 e. The van der Waals surface area contributed by atoms with Crippen LogP contribution in [0.3, 0.4) is 0 Å². The summed E-state index contributed by atoms with van der Waals surface area (Å²) in [5, 5.41) is 11.8. The van der Waals surface area contributed by atoms with Gasteiger partial charge in [0.05, 0.1) is 26.0 Å². The lowest BCUT2D eigenvalue weighted by Crippen LogP contribution is -2.31. The van der Waals surface area contributed by atoms with Crippen molar-refractivity contribution < 1.29 is 23.8 Å². The topological polar surface area (TPSA) is 75.6 Å². The second kappa shape index (κ2) is 8.28. The van der Waals surface area contributed by atoms with E-state index < -0.39 is 17.8 Å². The summed E-state index contributed by atoms with van der Waals surface area (Å²) in [6, 6.07) is 10.2. The van der Waals surface area contributed by atoms with E-state index in [0.29, 0.717) is 16.9 Å². The number of nitrogens with one attached hydrogen (secondary N) is 1. The molecule has 2 aromatic carbocycles. The van der Waals surface area contributed by atoms with E-state index in [1.165, 1.54) is 31.4 Å². The van der Waals surface area contributed by atoms with Crippen LogP contribution in [0.2, 0.25) is 0 Å². The number of hydrogen-bond donors (Lipinski definition) is 2. The molecule has 6 heteroatoms. The van der Waals surface area contributed by atoms with Gasteiger partial charge in [0, 0.05) is 5.56 Å². The number of aliphatic carboxylic acids is 1. The highest BCUT2D eigenvalue weighted by atomic mass is 19.1. The highest BCUT2D eigenvalue weighted by molar-refractivity contribution is 5.80. The predicted octanol–water partition coefficient (Wildman–Crippen LogP) is 3.02. The second-order valence-electron chi connectivity index (χ2n) is 5.76. The first kappa shape index (κ1) is 18.4. The SMILES string of the molecule is COc1ccc(C)cc1CC(=O)N[C@H](CC(=O)O)c1ccc(F)cc1. The number of carbonyl (C=O) groups is 2. The third-order valence-electron chi connectivity index (χ3n) is 3.77. The van der Waals surface area contributed by atoms with Crippen molar-refractivity contribution in [3.05, 3.63) is 65.0 Å². The molecule has 0 aliphatic heterocycles. The molecule has 132 valence electrons. The summed E-state index contributed by atoms with van der Waals surface area (Å²) in [6.07, 6.45) is -0.232. The van der Waals surface area contributed by atoms with Crippen LogP contribution in [0.1, 0.15) is 29.2 Å². The molecule has 2 N–H and O–H groups in total. The molecule has 0 aliphatic carbocycles. The Morgan fingerprint density at radius 2 is 1.88 bits per heavy atom. The van der Waals surface area contributed by atoms with Gasteiger partial charge in [-0.1, -0.05) is 29.8 Å². The minimum atomic E-state index is -1.05. The van der Waals surface area contributed by atoms with Crippen molar-refractivity contribution >= 4 is 11.9 Å². The molecule has 1 atom stereocenters. The van der Waals surface area contributed by atoms with Gasteiger partial charge in [0.15, 0.2) is 0 Å². The largest absolute Gasteiger partial charge is 0.496 e. The molecule has 5 nitrogen and oxygen atoms in total. The molecular weight excluding hydrogens is 325 g/mol. The van der Waals surface area contributed by atoms with Crippen LogP contribution in [-0.4, -0.2) is 24.1 Å². The second-order valence-corrected chi connectivity index (χ2v) is 5.76. The Hall–Kier alpha value is -2.89. The summed E-state index contributed by atoms with van der Waals surface area (Å²) in [5.41, 5.74) is 2.24. The number of ether oxygens (including phenoxy) is 1. The Bertz CT molecular complexity index is 759. The Labute approximate surface area is 145 Å². The van der Waals surface area contributed by atoms with Gasteiger partial charge in [-0.15, -0.1) is 0 Å². The van der Waals surface area contributed by atoms with Gasteiger partial charge in [-0.3, -0.25) is 9.59 Å². The van der Waals surface area contributed by atoms with Crippen molar-refractivity contribution in [1.82, 2.24) is 5.32 Å². The number of methoxy groups -OCH3 is 1. The summed E-state index contributed by atoms with van der Waals surface area (Å²) < 4.78 is 18.3. The molecule has 0 fully saturated rings. The lowest BCUT2D eigenvalue weighted by Gasteiger charge is -2.18. The van der Waals surface area contributed by atoms with E-state index in [-0.39, 0.29) is 18.7 Å². The number of rotatable bonds is 7. The van der Waals surface area contributed by atoms with Crippen molar-refractivity contribution in [2.24, 2.45) is 0 Å². The van der Waals surface area contributed by atoms with Crippen LogP contribution in [0, 0.1) is 12.7 Å². The fourth-order valence-electron chi connectivity index (χ4n) is 2.59. The van der Waals surface area contributed by atoms with Crippen LogP contribution in [0.15, 0.2) is 42.5 Å². The van der Waals surface area contributed by atoms with Crippen molar-refractivity contribution in [2.45, 2.75) is 25.8 Å². The van der Waals surface area contributed by atoms with Crippen LogP contribution < -0.4 is 10.1 Å². The molecule has 0 radical (unpaired) electrons. The van der Waals surface area contributed by atoms with Crippen molar-refractivity contribution in [2.75, 3.05) is 7.11 Å². The van der Waals surface area contributed by atoms with Gasteiger partial charge < -0.3 is 15.2 Å². The van der Waals surface area contributed by atoms with Crippen LogP contribution in [0.5, 0.6) is 5.75 Å². The van der Waals surface area contributed by atoms with Gasteiger partial charge in [-0.25, -0.2) is 4.39 Å². The zero-order chi connectivity index (χ0) is 18.4.